The first kappa shape index (κ1) is 19.3. The molecule has 0 saturated heterocycles. The number of nitrogens with one attached hydrogen (secondary N) is 1. The van der Waals surface area contributed by atoms with E-state index in [1.54, 1.807) is 25.4 Å². The Hall–Kier alpha value is -2.43. The van der Waals surface area contributed by atoms with Crippen molar-refractivity contribution in [3.63, 3.8) is 0 Å². The van der Waals surface area contributed by atoms with Gasteiger partial charge in [0.05, 0.1) is 12.7 Å². The minimum absolute atomic E-state index is 0.0560. The molecule has 0 aliphatic heterocycles. The van der Waals surface area contributed by atoms with Crippen molar-refractivity contribution in [2.24, 2.45) is 5.92 Å². The zero-order valence-corrected chi connectivity index (χ0v) is 16.4. The van der Waals surface area contributed by atoms with E-state index in [2.05, 4.69) is 35.2 Å². The zero-order chi connectivity index (χ0) is 19.2. The van der Waals surface area contributed by atoms with Crippen LogP contribution in [0.4, 0.5) is 0 Å². The highest BCUT2D eigenvalue weighted by atomic mass is 16.5. The number of carbonyl (C=O) groups is 1. The molecule has 1 N–H and O–H groups in total. The fraction of sp³-hybridized carbons (Fsp3) is 0.500. The van der Waals surface area contributed by atoms with E-state index in [-0.39, 0.29) is 11.9 Å². The Morgan fingerprint density at radius 2 is 2.00 bits per heavy atom. The second-order valence-electron chi connectivity index (χ2n) is 7.45. The molecule has 0 unspecified atom stereocenters. The van der Waals surface area contributed by atoms with Crippen molar-refractivity contribution in [2.45, 2.75) is 57.9 Å². The summed E-state index contributed by atoms with van der Waals surface area (Å²) in [6.45, 7) is 4.26. The molecule has 1 aliphatic rings. The first-order valence-corrected chi connectivity index (χ1v) is 9.84. The Kier molecular flexibility index (Phi) is 6.43. The van der Waals surface area contributed by atoms with E-state index in [9.17, 15) is 4.79 Å². The van der Waals surface area contributed by atoms with Crippen LogP contribution in [0.5, 0.6) is 5.88 Å². The van der Waals surface area contributed by atoms with E-state index in [1.165, 1.54) is 11.3 Å². The van der Waals surface area contributed by atoms with Crippen LogP contribution in [-0.4, -0.2) is 29.0 Å². The molecule has 27 heavy (non-hydrogen) atoms. The summed E-state index contributed by atoms with van der Waals surface area (Å²) >= 11 is 0. The van der Waals surface area contributed by atoms with Crippen LogP contribution >= 0.6 is 0 Å². The minimum Gasteiger partial charge on any atom is -0.481 e. The van der Waals surface area contributed by atoms with Crippen molar-refractivity contribution < 1.29 is 9.53 Å². The van der Waals surface area contributed by atoms with Gasteiger partial charge in [0.2, 0.25) is 5.88 Å². The standard InChI is InChI=1S/C22H29N3O2/c1-4-19(25-22(26)18-9-10-21(27-3)24-14-18)16-5-7-17(8-6-16)20-13-15(2)11-12-23-20/h9-14,16-17,19H,4-8H2,1-3H3,(H,25,26)/t16-,17+,19-/m0/s1. The summed E-state index contributed by atoms with van der Waals surface area (Å²) < 4.78 is 5.05. The number of hydrogen-bond donors (Lipinski definition) is 1. The molecule has 5 nitrogen and oxygen atoms in total. The molecule has 5 heteroatoms. The topological polar surface area (TPSA) is 64.1 Å². The van der Waals surface area contributed by atoms with Crippen LogP contribution in [0.25, 0.3) is 0 Å². The summed E-state index contributed by atoms with van der Waals surface area (Å²) in [4.78, 5) is 21.3. The number of rotatable bonds is 6. The third kappa shape index (κ3) is 4.85. The van der Waals surface area contributed by atoms with Gasteiger partial charge in [-0.25, -0.2) is 4.98 Å². The van der Waals surface area contributed by atoms with Crippen molar-refractivity contribution in [2.75, 3.05) is 7.11 Å². The van der Waals surface area contributed by atoms with Gasteiger partial charge in [-0.1, -0.05) is 6.92 Å². The molecule has 0 radical (unpaired) electrons. The highest BCUT2D eigenvalue weighted by molar-refractivity contribution is 5.94. The van der Waals surface area contributed by atoms with Gasteiger partial charge in [-0.3, -0.25) is 9.78 Å². The van der Waals surface area contributed by atoms with Crippen LogP contribution in [0.15, 0.2) is 36.7 Å². The lowest BCUT2D eigenvalue weighted by Crippen LogP contribution is -2.41. The fourth-order valence-corrected chi connectivity index (χ4v) is 4.04. The first-order valence-electron chi connectivity index (χ1n) is 9.84. The number of nitrogens with zero attached hydrogens (tertiary/aromatic N) is 2. The van der Waals surface area contributed by atoms with E-state index in [1.807, 2.05) is 12.3 Å². The fourth-order valence-electron chi connectivity index (χ4n) is 4.04. The number of aryl methyl sites for hydroxylation is 1. The van der Waals surface area contributed by atoms with Crippen LogP contribution < -0.4 is 10.1 Å². The van der Waals surface area contributed by atoms with Gasteiger partial charge in [-0.2, -0.15) is 0 Å². The van der Waals surface area contributed by atoms with Crippen LogP contribution in [-0.2, 0) is 0 Å². The lowest BCUT2D eigenvalue weighted by atomic mass is 9.76. The first-order chi connectivity index (χ1) is 13.1. The maximum Gasteiger partial charge on any atom is 0.253 e. The molecule has 1 atom stereocenters. The number of pyridine rings is 2. The molecule has 2 aromatic rings. The van der Waals surface area contributed by atoms with E-state index in [0.717, 1.165) is 32.1 Å². The number of carbonyl (C=O) groups excluding carboxylic acids is 1. The van der Waals surface area contributed by atoms with Gasteiger partial charge in [0.15, 0.2) is 0 Å². The van der Waals surface area contributed by atoms with Crippen molar-refractivity contribution in [1.29, 1.82) is 0 Å². The molecule has 2 heterocycles. The highest BCUT2D eigenvalue weighted by Gasteiger charge is 2.29. The summed E-state index contributed by atoms with van der Waals surface area (Å²) in [5, 5.41) is 3.22. The quantitative estimate of drug-likeness (QED) is 0.828. The van der Waals surface area contributed by atoms with E-state index < -0.39 is 0 Å². The molecule has 1 fully saturated rings. The Bertz CT molecular complexity index is 752. The molecule has 0 spiro atoms. The van der Waals surface area contributed by atoms with Gasteiger partial charge in [-0.05, 0) is 68.7 Å². The van der Waals surface area contributed by atoms with Crippen molar-refractivity contribution in [1.82, 2.24) is 15.3 Å². The monoisotopic (exact) mass is 367 g/mol. The Balaban J connectivity index is 1.57. The molecule has 0 bridgehead atoms. The molecule has 3 rings (SSSR count). The van der Waals surface area contributed by atoms with Gasteiger partial charge >= 0.3 is 0 Å². The number of methoxy groups -OCH3 is 1. The largest absolute Gasteiger partial charge is 0.481 e. The predicted octanol–water partition coefficient (Wildman–Crippen LogP) is 4.28. The van der Waals surface area contributed by atoms with Gasteiger partial charge in [-0.15, -0.1) is 0 Å². The summed E-state index contributed by atoms with van der Waals surface area (Å²) in [7, 11) is 1.57. The summed E-state index contributed by atoms with van der Waals surface area (Å²) in [5.41, 5.74) is 3.07. The second kappa shape index (κ2) is 8.98. The SMILES string of the molecule is CC[C@H](NC(=O)c1ccc(OC)nc1)[C@H]1CC[C@@H](c2cc(C)ccn2)CC1. The summed E-state index contributed by atoms with van der Waals surface area (Å²) in [5.74, 6) is 1.52. The van der Waals surface area contributed by atoms with E-state index in [4.69, 9.17) is 4.74 Å². The molecule has 1 saturated carbocycles. The lowest BCUT2D eigenvalue weighted by Gasteiger charge is -2.34. The maximum atomic E-state index is 12.6. The summed E-state index contributed by atoms with van der Waals surface area (Å²) in [6.07, 6.45) is 8.94. The smallest absolute Gasteiger partial charge is 0.253 e. The van der Waals surface area contributed by atoms with Gasteiger partial charge in [0.25, 0.3) is 5.91 Å². The van der Waals surface area contributed by atoms with Crippen LogP contribution in [0, 0.1) is 12.8 Å². The predicted molar refractivity (Wildman–Crippen MR) is 106 cm³/mol. The number of hydrogen-bond acceptors (Lipinski definition) is 4. The number of aromatic nitrogens is 2. The second-order valence-corrected chi connectivity index (χ2v) is 7.45. The highest BCUT2D eigenvalue weighted by Crippen LogP contribution is 2.37. The Morgan fingerprint density at radius 3 is 2.59 bits per heavy atom. The maximum absolute atomic E-state index is 12.6. The van der Waals surface area contributed by atoms with Crippen molar-refractivity contribution in [3.8, 4) is 5.88 Å². The average Bonchev–Trinajstić information content (AvgIpc) is 2.72. The third-order valence-corrected chi connectivity index (χ3v) is 5.66. The van der Waals surface area contributed by atoms with Crippen molar-refractivity contribution >= 4 is 5.91 Å². The van der Waals surface area contributed by atoms with Crippen LogP contribution in [0.1, 0.15) is 66.6 Å². The molecular formula is C22H29N3O2. The molecule has 144 valence electrons. The molecular weight excluding hydrogens is 338 g/mol. The van der Waals surface area contributed by atoms with E-state index >= 15 is 0 Å². The van der Waals surface area contributed by atoms with Crippen LogP contribution in [0.3, 0.4) is 0 Å². The average molecular weight is 367 g/mol. The zero-order valence-electron chi connectivity index (χ0n) is 16.4. The molecule has 1 amide bonds. The Morgan fingerprint density at radius 1 is 1.22 bits per heavy atom. The summed E-state index contributed by atoms with van der Waals surface area (Å²) in [6, 6.07) is 7.93. The molecule has 2 aromatic heterocycles. The lowest BCUT2D eigenvalue weighted by molar-refractivity contribution is 0.0908. The normalized spacial score (nSPS) is 20.7. The molecule has 0 aromatic carbocycles. The van der Waals surface area contributed by atoms with Gasteiger partial charge in [0.1, 0.15) is 0 Å². The number of amides is 1. The Labute approximate surface area is 161 Å². The molecule has 1 aliphatic carbocycles. The van der Waals surface area contributed by atoms with Crippen LogP contribution in [0.2, 0.25) is 0 Å². The third-order valence-electron chi connectivity index (χ3n) is 5.66. The minimum atomic E-state index is -0.0560. The van der Waals surface area contributed by atoms with Gasteiger partial charge < -0.3 is 10.1 Å². The van der Waals surface area contributed by atoms with Gasteiger partial charge in [0, 0.05) is 36.1 Å². The van der Waals surface area contributed by atoms with Crippen molar-refractivity contribution in [3.05, 3.63) is 53.5 Å². The van der Waals surface area contributed by atoms with E-state index in [0.29, 0.717) is 23.3 Å². The number of ether oxygens (including phenoxy) is 1.